The van der Waals surface area contributed by atoms with Crippen LogP contribution in [0.4, 0.5) is 0 Å². The molecule has 2 aromatic rings. The van der Waals surface area contributed by atoms with Crippen molar-refractivity contribution in [1.29, 1.82) is 0 Å². The van der Waals surface area contributed by atoms with Crippen LogP contribution in [0.5, 0.6) is 11.5 Å². The van der Waals surface area contributed by atoms with E-state index in [1.807, 2.05) is 0 Å². The van der Waals surface area contributed by atoms with Crippen LogP contribution in [-0.4, -0.2) is 45.5 Å². The third kappa shape index (κ3) is 3.02. The number of benzene rings is 1. The maximum atomic E-state index is 10.5. The largest absolute Gasteiger partial charge is 0.497 e. The summed E-state index contributed by atoms with van der Waals surface area (Å²) in [6.45, 7) is 0.161. The highest BCUT2D eigenvalue weighted by Crippen LogP contribution is 2.30. The van der Waals surface area contributed by atoms with Crippen molar-refractivity contribution in [2.24, 2.45) is 0 Å². The summed E-state index contributed by atoms with van der Waals surface area (Å²) in [6, 6.07) is 5.24. The number of carboxylic acids is 1. The zero-order chi connectivity index (χ0) is 14.5. The molecule has 2 rings (SSSR count). The van der Waals surface area contributed by atoms with Crippen molar-refractivity contribution in [2.75, 3.05) is 14.2 Å². The molecular formula is C12H14N4O4. The first-order chi connectivity index (χ1) is 9.63. The molecule has 8 nitrogen and oxygen atoms in total. The first kappa shape index (κ1) is 13.8. The minimum atomic E-state index is -0.914. The third-order valence-corrected chi connectivity index (χ3v) is 2.63. The number of tetrazole rings is 1. The Balaban J connectivity index is 2.28. The third-order valence-electron chi connectivity index (χ3n) is 2.63. The molecule has 1 heterocycles. The fraction of sp³-hybridized carbons (Fsp3) is 0.333. The predicted octanol–water partition coefficient (Wildman–Crippen LogP) is 0.832. The van der Waals surface area contributed by atoms with E-state index >= 15 is 0 Å². The summed E-state index contributed by atoms with van der Waals surface area (Å²) < 4.78 is 10.4. The maximum absolute atomic E-state index is 10.5. The number of aromatic nitrogens is 4. The van der Waals surface area contributed by atoms with Gasteiger partial charge in [-0.25, -0.2) is 0 Å². The highest BCUT2D eigenvalue weighted by Gasteiger charge is 2.13. The molecule has 0 fully saturated rings. The van der Waals surface area contributed by atoms with E-state index in [2.05, 4.69) is 15.4 Å². The summed E-state index contributed by atoms with van der Waals surface area (Å²) in [6.07, 6.45) is -0.0644. The van der Waals surface area contributed by atoms with E-state index in [1.54, 1.807) is 32.4 Å². The van der Waals surface area contributed by atoms with Gasteiger partial charge in [0.1, 0.15) is 11.5 Å². The number of aliphatic carboxylic acids is 1. The van der Waals surface area contributed by atoms with Crippen LogP contribution < -0.4 is 9.47 Å². The molecule has 1 aromatic heterocycles. The number of carboxylic acid groups (broad SMARTS) is 1. The van der Waals surface area contributed by atoms with Gasteiger partial charge in [0.15, 0.2) is 0 Å². The molecule has 0 aliphatic rings. The zero-order valence-corrected chi connectivity index (χ0v) is 11.1. The number of rotatable bonds is 6. The molecule has 0 bridgehead atoms. The minimum Gasteiger partial charge on any atom is -0.497 e. The average Bonchev–Trinajstić information content (AvgIpc) is 2.93. The van der Waals surface area contributed by atoms with E-state index < -0.39 is 5.97 Å². The quantitative estimate of drug-likeness (QED) is 0.835. The van der Waals surface area contributed by atoms with E-state index in [1.165, 1.54) is 4.80 Å². The fourth-order valence-electron chi connectivity index (χ4n) is 1.63. The molecule has 8 heteroatoms. The Morgan fingerprint density at radius 2 is 2.15 bits per heavy atom. The standard InChI is InChI=1S/C12H14N4O4/c1-19-8-3-4-10(20-2)9(7-8)12-13-15-16(14-12)6-5-11(17)18/h3-4,7H,5-6H2,1-2H3,(H,17,18). The lowest BCUT2D eigenvalue weighted by Crippen LogP contribution is -2.07. The van der Waals surface area contributed by atoms with E-state index in [-0.39, 0.29) is 13.0 Å². The number of hydrogen-bond acceptors (Lipinski definition) is 6. The Labute approximate surface area is 114 Å². The second-order valence-corrected chi connectivity index (χ2v) is 3.92. The Morgan fingerprint density at radius 1 is 1.35 bits per heavy atom. The molecule has 0 aliphatic heterocycles. The number of hydrogen-bond donors (Lipinski definition) is 1. The van der Waals surface area contributed by atoms with Crippen LogP contribution in [0.25, 0.3) is 11.4 Å². The predicted molar refractivity (Wildman–Crippen MR) is 68.6 cm³/mol. The lowest BCUT2D eigenvalue weighted by Gasteiger charge is -2.07. The normalized spacial score (nSPS) is 10.3. The van der Waals surface area contributed by atoms with Crippen molar-refractivity contribution in [3.8, 4) is 22.9 Å². The molecule has 0 spiro atoms. The number of nitrogens with zero attached hydrogens (tertiary/aromatic N) is 4. The number of methoxy groups -OCH3 is 2. The topological polar surface area (TPSA) is 99.4 Å². The summed E-state index contributed by atoms with van der Waals surface area (Å²) in [4.78, 5) is 11.7. The summed E-state index contributed by atoms with van der Waals surface area (Å²) in [5, 5.41) is 20.5. The van der Waals surface area contributed by atoms with Crippen LogP contribution in [0, 0.1) is 0 Å². The molecule has 0 aliphatic carbocycles. The summed E-state index contributed by atoms with van der Waals surface area (Å²) >= 11 is 0. The Kier molecular flexibility index (Phi) is 4.14. The van der Waals surface area contributed by atoms with Gasteiger partial charge in [-0.1, -0.05) is 0 Å². The molecular weight excluding hydrogens is 264 g/mol. The molecule has 0 saturated heterocycles. The fourth-order valence-corrected chi connectivity index (χ4v) is 1.63. The summed E-state index contributed by atoms with van der Waals surface area (Å²) in [5.41, 5.74) is 0.633. The van der Waals surface area contributed by atoms with E-state index in [0.29, 0.717) is 22.9 Å². The highest BCUT2D eigenvalue weighted by atomic mass is 16.5. The van der Waals surface area contributed by atoms with Gasteiger partial charge in [-0.2, -0.15) is 4.80 Å². The van der Waals surface area contributed by atoms with Crippen molar-refractivity contribution in [3.63, 3.8) is 0 Å². The van der Waals surface area contributed by atoms with Crippen LogP contribution in [0.2, 0.25) is 0 Å². The van der Waals surface area contributed by atoms with E-state index in [4.69, 9.17) is 14.6 Å². The first-order valence-electron chi connectivity index (χ1n) is 5.86. The Bertz CT molecular complexity index is 611. The minimum absolute atomic E-state index is 0.0644. The Morgan fingerprint density at radius 3 is 2.80 bits per heavy atom. The molecule has 0 amide bonds. The van der Waals surface area contributed by atoms with Gasteiger partial charge in [0.05, 0.1) is 32.7 Å². The first-order valence-corrected chi connectivity index (χ1v) is 5.86. The van der Waals surface area contributed by atoms with Crippen LogP contribution in [-0.2, 0) is 11.3 Å². The van der Waals surface area contributed by atoms with Gasteiger partial charge < -0.3 is 14.6 Å². The van der Waals surface area contributed by atoms with E-state index in [9.17, 15) is 4.79 Å². The van der Waals surface area contributed by atoms with Crippen molar-refractivity contribution in [3.05, 3.63) is 18.2 Å². The van der Waals surface area contributed by atoms with Crippen molar-refractivity contribution in [2.45, 2.75) is 13.0 Å². The van der Waals surface area contributed by atoms with Gasteiger partial charge in [0.25, 0.3) is 0 Å². The van der Waals surface area contributed by atoms with Crippen molar-refractivity contribution in [1.82, 2.24) is 20.2 Å². The van der Waals surface area contributed by atoms with Gasteiger partial charge in [-0.05, 0) is 23.4 Å². The molecule has 0 saturated carbocycles. The van der Waals surface area contributed by atoms with Gasteiger partial charge in [-0.3, -0.25) is 4.79 Å². The summed E-state index contributed by atoms with van der Waals surface area (Å²) in [7, 11) is 3.10. The molecule has 106 valence electrons. The van der Waals surface area contributed by atoms with Crippen molar-refractivity contribution >= 4 is 5.97 Å². The van der Waals surface area contributed by atoms with Gasteiger partial charge >= 0.3 is 5.97 Å². The van der Waals surface area contributed by atoms with Crippen LogP contribution >= 0.6 is 0 Å². The van der Waals surface area contributed by atoms with Crippen LogP contribution in [0.1, 0.15) is 6.42 Å². The number of ether oxygens (including phenoxy) is 2. The number of aryl methyl sites for hydroxylation is 1. The molecule has 1 aromatic carbocycles. The SMILES string of the molecule is COc1ccc(OC)c(-c2nnn(CCC(=O)O)n2)c1. The monoisotopic (exact) mass is 278 g/mol. The maximum Gasteiger partial charge on any atom is 0.305 e. The van der Waals surface area contributed by atoms with E-state index in [0.717, 1.165) is 0 Å². The molecule has 20 heavy (non-hydrogen) atoms. The van der Waals surface area contributed by atoms with Gasteiger partial charge in [0, 0.05) is 0 Å². The number of carbonyl (C=O) groups is 1. The lowest BCUT2D eigenvalue weighted by molar-refractivity contribution is -0.137. The zero-order valence-electron chi connectivity index (χ0n) is 11.1. The van der Waals surface area contributed by atoms with Gasteiger partial charge in [-0.15, -0.1) is 10.2 Å². The Hall–Kier alpha value is -2.64. The molecule has 0 radical (unpaired) electrons. The molecule has 1 N–H and O–H groups in total. The second kappa shape index (κ2) is 6.00. The van der Waals surface area contributed by atoms with Crippen LogP contribution in [0.3, 0.4) is 0 Å². The lowest BCUT2D eigenvalue weighted by atomic mass is 10.2. The van der Waals surface area contributed by atoms with Crippen LogP contribution in [0.15, 0.2) is 18.2 Å². The molecule has 0 unspecified atom stereocenters. The molecule has 0 atom stereocenters. The smallest absolute Gasteiger partial charge is 0.305 e. The van der Waals surface area contributed by atoms with Crippen molar-refractivity contribution < 1.29 is 19.4 Å². The average molecular weight is 278 g/mol. The second-order valence-electron chi connectivity index (χ2n) is 3.92. The van der Waals surface area contributed by atoms with Gasteiger partial charge in [0.2, 0.25) is 5.82 Å². The summed E-state index contributed by atoms with van der Waals surface area (Å²) in [5.74, 6) is 0.667. The highest BCUT2D eigenvalue weighted by molar-refractivity contribution is 5.67.